The van der Waals surface area contributed by atoms with Gasteiger partial charge in [0.05, 0.1) is 18.4 Å². The van der Waals surface area contributed by atoms with Crippen molar-refractivity contribution in [3.05, 3.63) is 65.7 Å². The van der Waals surface area contributed by atoms with E-state index in [2.05, 4.69) is 24.4 Å². The molecule has 0 fully saturated rings. The largest absolute Gasteiger partial charge is 0.496 e. The van der Waals surface area contributed by atoms with Crippen LogP contribution in [0.5, 0.6) is 5.75 Å². The first-order valence-electron chi connectivity index (χ1n) is 7.67. The molecule has 2 rings (SSSR count). The Morgan fingerprint density at radius 3 is 2.39 bits per heavy atom. The van der Waals surface area contributed by atoms with Crippen molar-refractivity contribution >= 4 is 11.6 Å². The zero-order valence-electron chi connectivity index (χ0n) is 13.7. The number of nitrogens with zero attached hydrogens (tertiary/aromatic N) is 1. The molecule has 0 aliphatic carbocycles. The molecule has 0 bridgehead atoms. The second kappa shape index (κ2) is 8.13. The number of hydrazone groups is 1. The van der Waals surface area contributed by atoms with Gasteiger partial charge in [0, 0.05) is 0 Å². The van der Waals surface area contributed by atoms with Crippen molar-refractivity contribution in [1.29, 1.82) is 0 Å². The van der Waals surface area contributed by atoms with Crippen LogP contribution in [0, 0.1) is 5.92 Å². The quantitative estimate of drug-likeness (QED) is 0.650. The molecule has 23 heavy (non-hydrogen) atoms. The number of para-hydroxylation sites is 1. The Kier molecular flexibility index (Phi) is 5.92. The highest BCUT2D eigenvalue weighted by atomic mass is 16.5. The van der Waals surface area contributed by atoms with Crippen LogP contribution in [0.25, 0.3) is 0 Å². The van der Waals surface area contributed by atoms with Gasteiger partial charge in [-0.2, -0.15) is 5.10 Å². The molecule has 1 N–H and O–H groups in total. The summed E-state index contributed by atoms with van der Waals surface area (Å²) in [5.41, 5.74) is 4.99. The maximum absolute atomic E-state index is 12.3. The molecule has 0 aliphatic heterocycles. The summed E-state index contributed by atoms with van der Waals surface area (Å²) in [5.74, 6) is 0.696. The van der Waals surface area contributed by atoms with Crippen molar-refractivity contribution in [3.8, 4) is 5.75 Å². The van der Waals surface area contributed by atoms with Gasteiger partial charge < -0.3 is 4.74 Å². The molecule has 0 spiro atoms. The number of ether oxygens (including phenoxy) is 1. The molecule has 0 aromatic heterocycles. The van der Waals surface area contributed by atoms with Crippen LogP contribution >= 0.6 is 0 Å². The topological polar surface area (TPSA) is 50.7 Å². The van der Waals surface area contributed by atoms with Gasteiger partial charge in [-0.15, -0.1) is 0 Å². The van der Waals surface area contributed by atoms with E-state index in [1.54, 1.807) is 25.3 Å². The second-order valence-corrected chi connectivity index (χ2v) is 5.66. The Hall–Kier alpha value is -2.62. The van der Waals surface area contributed by atoms with E-state index in [1.165, 1.54) is 0 Å². The average molecular weight is 310 g/mol. The van der Waals surface area contributed by atoms with E-state index in [0.29, 0.717) is 17.2 Å². The summed E-state index contributed by atoms with van der Waals surface area (Å²) in [5, 5.41) is 4.35. The number of methoxy groups -OCH3 is 1. The second-order valence-electron chi connectivity index (χ2n) is 5.66. The van der Waals surface area contributed by atoms with E-state index in [0.717, 1.165) is 17.7 Å². The summed E-state index contributed by atoms with van der Waals surface area (Å²) in [6.07, 6.45) is 0.788. The van der Waals surface area contributed by atoms with Gasteiger partial charge in [0.25, 0.3) is 5.91 Å². The molecule has 0 saturated carbocycles. The smallest absolute Gasteiger partial charge is 0.275 e. The molecular formula is C19H22N2O2. The lowest BCUT2D eigenvalue weighted by molar-refractivity contribution is 0.0951. The molecule has 2 aromatic rings. The SMILES string of the molecule is COc1ccccc1C(=O)NN=C(CC(C)C)c1ccccc1. The Morgan fingerprint density at radius 1 is 1.09 bits per heavy atom. The van der Waals surface area contributed by atoms with Crippen molar-refractivity contribution in [2.45, 2.75) is 20.3 Å². The predicted molar refractivity (Wildman–Crippen MR) is 92.9 cm³/mol. The lowest BCUT2D eigenvalue weighted by Gasteiger charge is -2.11. The molecule has 120 valence electrons. The lowest BCUT2D eigenvalue weighted by Crippen LogP contribution is -2.21. The third kappa shape index (κ3) is 4.68. The third-order valence-electron chi connectivity index (χ3n) is 3.35. The Balaban J connectivity index is 2.21. The van der Waals surface area contributed by atoms with Crippen LogP contribution in [-0.2, 0) is 0 Å². The lowest BCUT2D eigenvalue weighted by atomic mass is 10.0. The Morgan fingerprint density at radius 2 is 1.74 bits per heavy atom. The minimum Gasteiger partial charge on any atom is -0.496 e. The molecule has 0 radical (unpaired) electrons. The van der Waals surface area contributed by atoms with Gasteiger partial charge in [0.2, 0.25) is 0 Å². The van der Waals surface area contributed by atoms with Gasteiger partial charge in [0.1, 0.15) is 5.75 Å². The van der Waals surface area contributed by atoms with Crippen LogP contribution in [-0.4, -0.2) is 18.7 Å². The number of hydrogen-bond acceptors (Lipinski definition) is 3. The van der Waals surface area contributed by atoms with Crippen molar-refractivity contribution in [1.82, 2.24) is 5.43 Å². The number of carbonyl (C=O) groups excluding carboxylic acids is 1. The fourth-order valence-corrected chi connectivity index (χ4v) is 2.26. The summed E-state index contributed by atoms with van der Waals surface area (Å²) in [6, 6.07) is 17.0. The molecule has 0 heterocycles. The fraction of sp³-hybridized carbons (Fsp3) is 0.263. The van der Waals surface area contributed by atoms with Crippen molar-refractivity contribution in [2.24, 2.45) is 11.0 Å². The molecule has 0 aliphatic rings. The van der Waals surface area contributed by atoms with Gasteiger partial charge in [-0.1, -0.05) is 56.3 Å². The molecule has 0 unspecified atom stereocenters. The van der Waals surface area contributed by atoms with Crippen LogP contribution in [0.4, 0.5) is 0 Å². The summed E-state index contributed by atoms with van der Waals surface area (Å²) >= 11 is 0. The number of hydrogen-bond donors (Lipinski definition) is 1. The minimum atomic E-state index is -0.278. The first kappa shape index (κ1) is 16.7. The number of carbonyl (C=O) groups is 1. The highest BCUT2D eigenvalue weighted by Crippen LogP contribution is 2.17. The van der Waals surface area contributed by atoms with Gasteiger partial charge >= 0.3 is 0 Å². The standard InChI is InChI=1S/C19H22N2O2/c1-14(2)13-17(15-9-5-4-6-10-15)20-21-19(22)16-11-7-8-12-18(16)23-3/h4-12,14H,13H2,1-3H3,(H,21,22). The van der Waals surface area contributed by atoms with E-state index < -0.39 is 0 Å². The van der Waals surface area contributed by atoms with Gasteiger partial charge in [-0.05, 0) is 30.0 Å². The molecule has 2 aromatic carbocycles. The zero-order valence-corrected chi connectivity index (χ0v) is 13.7. The first-order valence-corrected chi connectivity index (χ1v) is 7.67. The zero-order chi connectivity index (χ0) is 16.7. The molecule has 4 heteroatoms. The molecule has 0 atom stereocenters. The Bertz CT molecular complexity index is 679. The first-order chi connectivity index (χ1) is 11.1. The van der Waals surface area contributed by atoms with Gasteiger partial charge in [0.15, 0.2) is 0 Å². The molecule has 4 nitrogen and oxygen atoms in total. The normalized spacial score (nSPS) is 11.4. The Labute approximate surface area is 137 Å². The number of rotatable bonds is 6. The van der Waals surface area contributed by atoms with Gasteiger partial charge in [-0.25, -0.2) is 5.43 Å². The summed E-state index contributed by atoms with van der Waals surface area (Å²) in [7, 11) is 1.55. The minimum absolute atomic E-state index is 0.278. The van der Waals surface area contributed by atoms with Gasteiger partial charge in [-0.3, -0.25) is 4.79 Å². The molecule has 0 saturated heterocycles. The maximum Gasteiger partial charge on any atom is 0.275 e. The fourth-order valence-electron chi connectivity index (χ4n) is 2.26. The highest BCUT2D eigenvalue weighted by Gasteiger charge is 2.12. The molecule has 1 amide bonds. The monoisotopic (exact) mass is 310 g/mol. The van der Waals surface area contributed by atoms with E-state index in [1.807, 2.05) is 36.4 Å². The van der Waals surface area contributed by atoms with Crippen LogP contribution in [0.1, 0.15) is 36.2 Å². The van der Waals surface area contributed by atoms with Crippen molar-refractivity contribution < 1.29 is 9.53 Å². The summed E-state index contributed by atoms with van der Waals surface area (Å²) in [6.45, 7) is 4.25. The number of nitrogens with one attached hydrogen (secondary N) is 1. The average Bonchev–Trinajstić information content (AvgIpc) is 2.58. The maximum atomic E-state index is 12.3. The van der Waals surface area contributed by atoms with Crippen molar-refractivity contribution in [3.63, 3.8) is 0 Å². The third-order valence-corrected chi connectivity index (χ3v) is 3.35. The van der Waals surface area contributed by atoms with Crippen LogP contribution in [0.3, 0.4) is 0 Å². The van der Waals surface area contributed by atoms with Crippen LogP contribution < -0.4 is 10.2 Å². The predicted octanol–water partition coefficient (Wildman–Crippen LogP) is 3.88. The van der Waals surface area contributed by atoms with E-state index in [-0.39, 0.29) is 5.91 Å². The van der Waals surface area contributed by atoms with Crippen molar-refractivity contribution in [2.75, 3.05) is 7.11 Å². The van der Waals surface area contributed by atoms with E-state index in [9.17, 15) is 4.79 Å². The van der Waals surface area contributed by atoms with Crippen LogP contribution in [0.15, 0.2) is 59.7 Å². The van der Waals surface area contributed by atoms with E-state index in [4.69, 9.17) is 4.74 Å². The number of amides is 1. The molecular weight excluding hydrogens is 288 g/mol. The van der Waals surface area contributed by atoms with Crippen LogP contribution in [0.2, 0.25) is 0 Å². The summed E-state index contributed by atoms with van der Waals surface area (Å²) < 4.78 is 5.21. The number of benzene rings is 2. The van der Waals surface area contributed by atoms with E-state index >= 15 is 0 Å². The highest BCUT2D eigenvalue weighted by molar-refractivity contribution is 6.02. The summed E-state index contributed by atoms with van der Waals surface area (Å²) in [4.78, 5) is 12.3.